The molecule has 0 saturated carbocycles. The van der Waals surface area contributed by atoms with Crippen LogP contribution in [0, 0.1) is 12.8 Å². The summed E-state index contributed by atoms with van der Waals surface area (Å²) in [4.78, 5) is 30.0. The molecule has 1 N–H and O–H groups in total. The summed E-state index contributed by atoms with van der Waals surface area (Å²) < 4.78 is 0. The Bertz CT molecular complexity index is 780. The first-order chi connectivity index (χ1) is 12.0. The number of hydrogen-bond donors (Lipinski definition) is 1. The van der Waals surface area contributed by atoms with Gasteiger partial charge in [0.05, 0.1) is 5.56 Å². The van der Waals surface area contributed by atoms with E-state index in [1.54, 1.807) is 18.2 Å². The number of benzene rings is 1. The van der Waals surface area contributed by atoms with Crippen molar-refractivity contribution < 1.29 is 14.7 Å². The molecule has 1 aromatic heterocycles. The Kier molecular flexibility index (Phi) is 5.12. The van der Waals surface area contributed by atoms with Crippen molar-refractivity contribution in [2.45, 2.75) is 26.2 Å². The van der Waals surface area contributed by atoms with Gasteiger partial charge < -0.3 is 10.0 Å². The summed E-state index contributed by atoms with van der Waals surface area (Å²) >= 11 is 0. The van der Waals surface area contributed by atoms with Crippen LogP contribution in [0.25, 0.3) is 0 Å². The molecule has 1 aliphatic rings. The topological polar surface area (TPSA) is 70.5 Å². The van der Waals surface area contributed by atoms with Crippen molar-refractivity contribution in [2.75, 3.05) is 13.1 Å². The molecule has 25 heavy (non-hydrogen) atoms. The highest BCUT2D eigenvalue weighted by Crippen LogP contribution is 2.24. The van der Waals surface area contributed by atoms with Gasteiger partial charge in [0.1, 0.15) is 5.69 Å². The van der Waals surface area contributed by atoms with E-state index >= 15 is 0 Å². The standard InChI is InChI=1S/C20H22N2O3/c1-14-5-4-8-18(21-14)19(23)22-11-9-15(10-12-22)13-16-6-2-3-7-17(16)20(24)25/h2-8,15H,9-13H2,1H3,(H,24,25). The average molecular weight is 338 g/mol. The summed E-state index contributed by atoms with van der Waals surface area (Å²) in [5, 5.41) is 9.30. The van der Waals surface area contributed by atoms with Gasteiger partial charge in [-0.15, -0.1) is 0 Å². The van der Waals surface area contributed by atoms with Crippen LogP contribution in [-0.2, 0) is 6.42 Å². The first-order valence-corrected chi connectivity index (χ1v) is 8.58. The lowest BCUT2D eigenvalue weighted by atomic mass is 9.88. The lowest BCUT2D eigenvalue weighted by molar-refractivity contribution is 0.0684. The number of rotatable bonds is 4. The number of carbonyl (C=O) groups is 2. The van der Waals surface area contributed by atoms with Gasteiger partial charge in [0.25, 0.3) is 5.91 Å². The predicted octanol–water partition coefficient (Wildman–Crippen LogP) is 3.18. The molecule has 130 valence electrons. The number of carbonyl (C=O) groups excluding carboxylic acids is 1. The number of hydrogen-bond acceptors (Lipinski definition) is 3. The molecule has 0 bridgehead atoms. The first-order valence-electron chi connectivity index (χ1n) is 8.58. The van der Waals surface area contributed by atoms with Crippen LogP contribution in [0.5, 0.6) is 0 Å². The Balaban J connectivity index is 1.61. The SMILES string of the molecule is Cc1cccc(C(=O)N2CCC(Cc3ccccc3C(=O)O)CC2)n1. The minimum Gasteiger partial charge on any atom is -0.478 e. The van der Waals surface area contributed by atoms with Gasteiger partial charge >= 0.3 is 5.97 Å². The summed E-state index contributed by atoms with van der Waals surface area (Å²) in [6.07, 6.45) is 2.50. The average Bonchev–Trinajstić information content (AvgIpc) is 2.62. The number of piperidine rings is 1. The Morgan fingerprint density at radius 1 is 1.12 bits per heavy atom. The monoisotopic (exact) mass is 338 g/mol. The third-order valence-electron chi connectivity index (χ3n) is 4.77. The Hall–Kier alpha value is -2.69. The number of likely N-dealkylation sites (tertiary alicyclic amines) is 1. The summed E-state index contributed by atoms with van der Waals surface area (Å²) in [6, 6.07) is 12.7. The molecule has 5 heteroatoms. The van der Waals surface area contributed by atoms with Crippen LogP contribution >= 0.6 is 0 Å². The molecule has 0 spiro atoms. The fourth-order valence-electron chi connectivity index (χ4n) is 3.38. The molecule has 0 unspecified atom stereocenters. The zero-order valence-corrected chi connectivity index (χ0v) is 14.3. The van der Waals surface area contributed by atoms with Gasteiger partial charge in [-0.2, -0.15) is 0 Å². The maximum atomic E-state index is 12.5. The smallest absolute Gasteiger partial charge is 0.335 e. The largest absolute Gasteiger partial charge is 0.478 e. The Morgan fingerprint density at radius 3 is 2.52 bits per heavy atom. The molecule has 1 saturated heterocycles. The van der Waals surface area contributed by atoms with E-state index in [9.17, 15) is 14.7 Å². The highest BCUT2D eigenvalue weighted by atomic mass is 16.4. The second-order valence-electron chi connectivity index (χ2n) is 6.57. The van der Waals surface area contributed by atoms with Gasteiger partial charge in [-0.05, 0) is 55.9 Å². The normalized spacial score (nSPS) is 15.2. The number of aromatic carboxylic acids is 1. The molecule has 1 aliphatic heterocycles. The van der Waals surface area contributed by atoms with Gasteiger partial charge in [-0.25, -0.2) is 9.78 Å². The molecule has 0 aliphatic carbocycles. The minimum absolute atomic E-state index is 0.0203. The van der Waals surface area contributed by atoms with E-state index in [1.165, 1.54) is 0 Å². The van der Waals surface area contributed by atoms with Crippen molar-refractivity contribution in [2.24, 2.45) is 5.92 Å². The number of nitrogens with zero attached hydrogens (tertiary/aromatic N) is 2. The van der Waals surface area contributed by atoms with Crippen molar-refractivity contribution in [1.82, 2.24) is 9.88 Å². The summed E-state index contributed by atoms with van der Waals surface area (Å²) in [6.45, 7) is 3.26. The zero-order chi connectivity index (χ0) is 17.8. The summed E-state index contributed by atoms with van der Waals surface area (Å²) in [7, 11) is 0. The van der Waals surface area contributed by atoms with Crippen LogP contribution < -0.4 is 0 Å². The quantitative estimate of drug-likeness (QED) is 0.929. The van der Waals surface area contributed by atoms with Crippen molar-refractivity contribution in [1.29, 1.82) is 0 Å². The van der Waals surface area contributed by atoms with Gasteiger partial charge in [-0.1, -0.05) is 24.3 Å². The van der Waals surface area contributed by atoms with Gasteiger partial charge in [0, 0.05) is 18.8 Å². The van der Waals surface area contributed by atoms with Crippen LogP contribution in [0.4, 0.5) is 0 Å². The molecule has 2 heterocycles. The zero-order valence-electron chi connectivity index (χ0n) is 14.3. The molecule has 1 aromatic carbocycles. The highest BCUT2D eigenvalue weighted by molar-refractivity contribution is 5.92. The molecule has 0 radical (unpaired) electrons. The molecular formula is C20H22N2O3. The Morgan fingerprint density at radius 2 is 1.84 bits per heavy atom. The minimum atomic E-state index is -0.881. The summed E-state index contributed by atoms with van der Waals surface area (Å²) in [5.41, 5.74) is 2.59. The molecule has 2 aromatic rings. The van der Waals surface area contributed by atoms with Crippen molar-refractivity contribution >= 4 is 11.9 Å². The van der Waals surface area contributed by atoms with E-state index in [0.29, 0.717) is 30.3 Å². The lowest BCUT2D eigenvalue weighted by Gasteiger charge is -2.32. The molecule has 0 atom stereocenters. The lowest BCUT2D eigenvalue weighted by Crippen LogP contribution is -2.39. The van der Waals surface area contributed by atoms with Crippen LogP contribution in [0.1, 0.15) is 44.9 Å². The van der Waals surface area contributed by atoms with E-state index in [1.807, 2.05) is 36.1 Å². The maximum absolute atomic E-state index is 12.5. The number of aryl methyl sites for hydroxylation is 1. The van der Waals surface area contributed by atoms with Gasteiger partial charge in [-0.3, -0.25) is 4.79 Å². The van der Waals surface area contributed by atoms with E-state index in [0.717, 1.165) is 30.5 Å². The molecule has 5 nitrogen and oxygen atoms in total. The van der Waals surface area contributed by atoms with Gasteiger partial charge in [0.15, 0.2) is 0 Å². The fraction of sp³-hybridized carbons (Fsp3) is 0.350. The number of carboxylic acids is 1. The van der Waals surface area contributed by atoms with Gasteiger partial charge in [0.2, 0.25) is 0 Å². The molecular weight excluding hydrogens is 316 g/mol. The Labute approximate surface area is 147 Å². The number of aromatic nitrogens is 1. The van der Waals surface area contributed by atoms with E-state index in [4.69, 9.17) is 0 Å². The predicted molar refractivity (Wildman–Crippen MR) is 94.7 cm³/mol. The molecule has 3 rings (SSSR count). The second-order valence-corrected chi connectivity index (χ2v) is 6.57. The van der Waals surface area contributed by atoms with Crippen LogP contribution in [-0.4, -0.2) is 40.0 Å². The van der Waals surface area contributed by atoms with Crippen molar-refractivity contribution in [3.8, 4) is 0 Å². The van der Waals surface area contributed by atoms with E-state index < -0.39 is 5.97 Å². The third kappa shape index (κ3) is 4.05. The molecule has 1 amide bonds. The van der Waals surface area contributed by atoms with E-state index in [2.05, 4.69) is 4.98 Å². The summed E-state index contributed by atoms with van der Waals surface area (Å²) in [5.74, 6) is -0.503. The van der Waals surface area contributed by atoms with Crippen molar-refractivity contribution in [3.63, 3.8) is 0 Å². The molecule has 1 fully saturated rings. The first kappa shape index (κ1) is 17.1. The second kappa shape index (κ2) is 7.47. The third-order valence-corrected chi connectivity index (χ3v) is 4.77. The number of amides is 1. The van der Waals surface area contributed by atoms with Crippen LogP contribution in [0.15, 0.2) is 42.5 Å². The van der Waals surface area contributed by atoms with Crippen LogP contribution in [0.2, 0.25) is 0 Å². The van der Waals surface area contributed by atoms with E-state index in [-0.39, 0.29) is 5.91 Å². The number of pyridine rings is 1. The maximum Gasteiger partial charge on any atom is 0.335 e. The fourth-order valence-corrected chi connectivity index (χ4v) is 3.38. The van der Waals surface area contributed by atoms with Crippen molar-refractivity contribution in [3.05, 3.63) is 65.0 Å². The number of carboxylic acid groups (broad SMARTS) is 1. The highest BCUT2D eigenvalue weighted by Gasteiger charge is 2.25. The van der Waals surface area contributed by atoms with Crippen LogP contribution in [0.3, 0.4) is 0 Å².